The summed E-state index contributed by atoms with van der Waals surface area (Å²) in [6.45, 7) is 3.26. The van der Waals surface area contributed by atoms with Crippen LogP contribution in [-0.2, 0) is 19.4 Å². The Morgan fingerprint density at radius 2 is 1.71 bits per heavy atom. The van der Waals surface area contributed by atoms with Crippen molar-refractivity contribution in [2.75, 3.05) is 13.1 Å². The van der Waals surface area contributed by atoms with Gasteiger partial charge in [0.15, 0.2) is 0 Å². The lowest BCUT2D eigenvalue weighted by Crippen LogP contribution is -2.43. The maximum absolute atomic E-state index is 12.4. The van der Waals surface area contributed by atoms with Gasteiger partial charge in [0.05, 0.1) is 5.69 Å². The second-order valence-electron chi connectivity index (χ2n) is 8.11. The Labute approximate surface area is 145 Å². The van der Waals surface area contributed by atoms with Crippen molar-refractivity contribution >= 4 is 0 Å². The molecule has 1 saturated carbocycles. The van der Waals surface area contributed by atoms with Crippen LogP contribution < -0.4 is 5.56 Å². The first-order chi connectivity index (χ1) is 11.8. The lowest BCUT2D eigenvalue weighted by atomic mass is 9.90. The van der Waals surface area contributed by atoms with Crippen molar-refractivity contribution in [2.45, 2.75) is 83.2 Å². The van der Waals surface area contributed by atoms with Crippen molar-refractivity contribution in [3.8, 4) is 0 Å². The summed E-state index contributed by atoms with van der Waals surface area (Å²) < 4.78 is 1.77. The fraction of sp³-hybridized carbons (Fsp3) is 0.800. The molecular weight excluding hydrogens is 298 g/mol. The van der Waals surface area contributed by atoms with Crippen molar-refractivity contribution in [1.82, 2.24) is 14.7 Å². The lowest BCUT2D eigenvalue weighted by Gasteiger charge is -2.39. The Morgan fingerprint density at radius 3 is 2.50 bits per heavy atom. The third-order valence-corrected chi connectivity index (χ3v) is 6.45. The van der Waals surface area contributed by atoms with Crippen LogP contribution in [0.25, 0.3) is 0 Å². The van der Waals surface area contributed by atoms with E-state index in [2.05, 4.69) is 4.90 Å². The van der Waals surface area contributed by atoms with Crippen LogP contribution >= 0.6 is 0 Å². The molecule has 24 heavy (non-hydrogen) atoms. The highest BCUT2D eigenvalue weighted by atomic mass is 16.1. The highest BCUT2D eigenvalue weighted by Gasteiger charge is 2.26. The lowest BCUT2D eigenvalue weighted by molar-refractivity contribution is 0.100. The first-order valence-electron chi connectivity index (χ1n) is 10.1. The zero-order valence-corrected chi connectivity index (χ0v) is 14.9. The Hall–Kier alpha value is -1.16. The normalized spacial score (nSPS) is 24.0. The summed E-state index contributed by atoms with van der Waals surface area (Å²) in [5.41, 5.74) is 2.50. The molecule has 1 aromatic rings. The van der Waals surface area contributed by atoms with E-state index < -0.39 is 0 Å². The van der Waals surface area contributed by atoms with Crippen LogP contribution in [0.1, 0.15) is 69.0 Å². The number of aromatic nitrogens is 2. The van der Waals surface area contributed by atoms with Crippen LogP contribution in [0.15, 0.2) is 10.9 Å². The Morgan fingerprint density at radius 1 is 0.958 bits per heavy atom. The highest BCUT2D eigenvalue weighted by molar-refractivity contribution is 5.20. The number of hydrogen-bond acceptors (Lipinski definition) is 3. The predicted octanol–water partition coefficient (Wildman–Crippen LogP) is 3.17. The number of aryl methyl sites for hydroxylation is 2. The number of likely N-dealkylation sites (tertiary alicyclic amines) is 1. The topological polar surface area (TPSA) is 38.1 Å². The zero-order valence-electron chi connectivity index (χ0n) is 14.9. The first-order valence-corrected chi connectivity index (χ1v) is 10.1. The third kappa shape index (κ3) is 3.58. The summed E-state index contributed by atoms with van der Waals surface area (Å²) in [5, 5.41) is 4.71. The number of fused-ring (bicyclic) bond motifs is 1. The molecule has 0 amide bonds. The summed E-state index contributed by atoms with van der Waals surface area (Å²) >= 11 is 0. The van der Waals surface area contributed by atoms with E-state index in [9.17, 15) is 4.79 Å². The van der Waals surface area contributed by atoms with Crippen molar-refractivity contribution < 1.29 is 0 Å². The van der Waals surface area contributed by atoms with Gasteiger partial charge in [-0.25, -0.2) is 4.68 Å². The number of nitrogens with zero attached hydrogens (tertiary/aromatic N) is 3. The molecule has 2 fully saturated rings. The fourth-order valence-corrected chi connectivity index (χ4v) is 4.92. The van der Waals surface area contributed by atoms with Gasteiger partial charge >= 0.3 is 0 Å². The molecule has 0 spiro atoms. The molecule has 2 aliphatic carbocycles. The number of rotatable bonds is 3. The molecule has 4 nitrogen and oxygen atoms in total. The van der Waals surface area contributed by atoms with E-state index in [0.717, 1.165) is 25.4 Å². The Balaban J connectivity index is 1.36. The van der Waals surface area contributed by atoms with Crippen molar-refractivity contribution in [2.24, 2.45) is 5.92 Å². The van der Waals surface area contributed by atoms with Crippen LogP contribution in [0.2, 0.25) is 0 Å². The van der Waals surface area contributed by atoms with Crippen molar-refractivity contribution in [1.29, 1.82) is 0 Å². The molecule has 1 aliphatic heterocycles. The molecule has 2 heterocycles. The van der Waals surface area contributed by atoms with Gasteiger partial charge < -0.3 is 4.90 Å². The minimum absolute atomic E-state index is 0.116. The molecule has 0 aromatic carbocycles. The van der Waals surface area contributed by atoms with Crippen LogP contribution in [0.5, 0.6) is 0 Å². The Kier molecular flexibility index (Phi) is 5.02. The zero-order chi connectivity index (χ0) is 16.4. The summed E-state index contributed by atoms with van der Waals surface area (Å²) in [6.07, 6.45) is 14.0. The van der Waals surface area contributed by atoms with Gasteiger partial charge in [-0.15, -0.1) is 0 Å². The summed E-state index contributed by atoms with van der Waals surface area (Å²) in [5.74, 6) is 0.622. The molecular formula is C20H31N3O. The number of hydrogen-bond donors (Lipinski definition) is 0. The molecule has 0 unspecified atom stereocenters. The van der Waals surface area contributed by atoms with Gasteiger partial charge in [-0.05, 0) is 75.9 Å². The van der Waals surface area contributed by atoms with E-state index in [4.69, 9.17) is 5.10 Å². The van der Waals surface area contributed by atoms with E-state index in [-0.39, 0.29) is 5.56 Å². The molecule has 1 aromatic heterocycles. The fourth-order valence-electron chi connectivity index (χ4n) is 4.92. The van der Waals surface area contributed by atoms with E-state index in [1.807, 2.05) is 6.07 Å². The average molecular weight is 329 g/mol. The number of piperidine rings is 1. The molecule has 0 atom stereocenters. The second-order valence-corrected chi connectivity index (χ2v) is 8.11. The van der Waals surface area contributed by atoms with Crippen LogP contribution in [0, 0.1) is 5.92 Å². The van der Waals surface area contributed by atoms with Gasteiger partial charge in [0, 0.05) is 18.7 Å². The monoisotopic (exact) mass is 329 g/mol. The minimum Gasteiger partial charge on any atom is -0.300 e. The molecule has 0 N–H and O–H groups in total. The van der Waals surface area contributed by atoms with Gasteiger partial charge in [0.25, 0.3) is 5.56 Å². The summed E-state index contributed by atoms with van der Waals surface area (Å²) in [6, 6.07) is 2.70. The van der Waals surface area contributed by atoms with Crippen LogP contribution in [0.3, 0.4) is 0 Å². The van der Waals surface area contributed by atoms with Crippen molar-refractivity contribution in [3.05, 3.63) is 27.7 Å². The first kappa shape index (κ1) is 16.3. The standard InChI is InChI=1S/C20H31N3O/c24-20-14-17-6-4-5-9-19(17)21-23(20)15-16-10-12-22(13-11-16)18-7-2-1-3-8-18/h14,16,18H,1-13,15H2. The van der Waals surface area contributed by atoms with Crippen LogP contribution in [-0.4, -0.2) is 33.8 Å². The van der Waals surface area contributed by atoms with E-state index in [1.165, 1.54) is 82.1 Å². The highest BCUT2D eigenvalue weighted by Crippen LogP contribution is 2.27. The minimum atomic E-state index is 0.116. The smallest absolute Gasteiger partial charge is 0.267 e. The largest absolute Gasteiger partial charge is 0.300 e. The summed E-state index contributed by atoms with van der Waals surface area (Å²) in [7, 11) is 0. The van der Waals surface area contributed by atoms with E-state index in [0.29, 0.717) is 5.92 Å². The van der Waals surface area contributed by atoms with Gasteiger partial charge in [-0.1, -0.05) is 19.3 Å². The molecule has 0 radical (unpaired) electrons. The van der Waals surface area contributed by atoms with Gasteiger partial charge in [0.2, 0.25) is 0 Å². The quantitative estimate of drug-likeness (QED) is 0.855. The van der Waals surface area contributed by atoms with Gasteiger partial charge in [-0.2, -0.15) is 5.10 Å². The van der Waals surface area contributed by atoms with E-state index >= 15 is 0 Å². The predicted molar refractivity (Wildman–Crippen MR) is 96.3 cm³/mol. The van der Waals surface area contributed by atoms with Gasteiger partial charge in [-0.3, -0.25) is 4.79 Å². The van der Waals surface area contributed by atoms with Crippen LogP contribution in [0.4, 0.5) is 0 Å². The molecule has 4 heteroatoms. The maximum atomic E-state index is 12.4. The Bertz CT molecular complexity index is 610. The molecule has 0 bridgehead atoms. The average Bonchev–Trinajstić information content (AvgIpc) is 2.64. The third-order valence-electron chi connectivity index (χ3n) is 6.45. The van der Waals surface area contributed by atoms with Gasteiger partial charge in [0.1, 0.15) is 0 Å². The molecule has 132 valence electrons. The van der Waals surface area contributed by atoms with E-state index in [1.54, 1.807) is 4.68 Å². The van der Waals surface area contributed by atoms with Crippen molar-refractivity contribution in [3.63, 3.8) is 0 Å². The SMILES string of the molecule is O=c1cc2c(nn1CC1CCN(C3CCCCC3)CC1)CCCC2. The summed E-state index contributed by atoms with van der Waals surface area (Å²) in [4.78, 5) is 15.1. The molecule has 1 saturated heterocycles. The second kappa shape index (κ2) is 7.38. The molecule has 4 rings (SSSR count). The maximum Gasteiger partial charge on any atom is 0.267 e. The molecule has 3 aliphatic rings.